The number of nitrogens with zero attached hydrogens (tertiary/aromatic N) is 4. The molecular formula is C22H28ClF3N4. The van der Waals surface area contributed by atoms with Crippen molar-refractivity contribution in [2.24, 2.45) is 0 Å². The average Bonchev–Trinajstić information content (AvgIpc) is 3.14. The van der Waals surface area contributed by atoms with Crippen LogP contribution in [0.25, 0.3) is 11.5 Å². The minimum Gasteiger partial charge on any atom is -0.298 e. The van der Waals surface area contributed by atoms with E-state index in [-0.39, 0.29) is 18.0 Å². The summed E-state index contributed by atoms with van der Waals surface area (Å²) < 4.78 is 44.8. The zero-order valence-electron chi connectivity index (χ0n) is 18.1. The van der Waals surface area contributed by atoms with Crippen LogP contribution in [0.15, 0.2) is 18.3 Å². The molecule has 2 aromatic heterocycles. The zero-order valence-corrected chi connectivity index (χ0v) is 18.8. The molecule has 4 nitrogen and oxygen atoms in total. The first-order valence-corrected chi connectivity index (χ1v) is 10.6. The van der Waals surface area contributed by atoms with Gasteiger partial charge in [-0.25, -0.2) is 4.98 Å². The first-order chi connectivity index (χ1) is 14.1. The molecule has 0 saturated carbocycles. The van der Waals surface area contributed by atoms with Gasteiger partial charge in [-0.05, 0) is 51.4 Å². The van der Waals surface area contributed by atoms with E-state index in [1.54, 1.807) is 10.8 Å². The van der Waals surface area contributed by atoms with Crippen molar-refractivity contribution in [2.45, 2.75) is 60.2 Å². The van der Waals surface area contributed by atoms with Gasteiger partial charge < -0.3 is 0 Å². The van der Waals surface area contributed by atoms with Crippen LogP contribution in [0, 0.1) is 20.8 Å². The highest BCUT2D eigenvalue weighted by Gasteiger charge is 2.39. The summed E-state index contributed by atoms with van der Waals surface area (Å²) >= 11 is 6.53. The van der Waals surface area contributed by atoms with Crippen molar-refractivity contribution in [2.75, 3.05) is 13.1 Å². The maximum absolute atomic E-state index is 13.9. The van der Waals surface area contributed by atoms with Crippen LogP contribution in [0.5, 0.6) is 0 Å². The molecule has 0 aliphatic rings. The Morgan fingerprint density at radius 2 is 1.73 bits per heavy atom. The molecule has 0 radical (unpaired) electrons. The quantitative estimate of drug-likeness (QED) is 0.428. The Labute approximate surface area is 180 Å². The highest BCUT2D eigenvalue weighted by Crippen LogP contribution is 2.36. The summed E-state index contributed by atoms with van der Waals surface area (Å²) in [6.07, 6.45) is -1.08. The van der Waals surface area contributed by atoms with Crippen molar-refractivity contribution in [1.29, 1.82) is 0 Å². The number of hydrogen-bond donors (Lipinski definition) is 0. The molecule has 0 fully saturated rings. The topological polar surface area (TPSA) is 25.5 Å². The lowest BCUT2D eigenvalue weighted by Gasteiger charge is -2.20. The molecular weight excluding hydrogens is 413 g/mol. The molecule has 3 aromatic rings. The van der Waals surface area contributed by atoms with Crippen molar-refractivity contribution >= 4 is 17.4 Å². The molecule has 0 atom stereocenters. The highest BCUT2D eigenvalue weighted by atomic mass is 35.5. The predicted octanol–water partition coefficient (Wildman–Crippen LogP) is 6.34. The molecule has 0 unspecified atom stereocenters. The summed E-state index contributed by atoms with van der Waals surface area (Å²) in [5, 5.41) is 0.333. The fourth-order valence-corrected chi connectivity index (χ4v) is 4.32. The standard InChI is InChI=1S/C22H28ClF3N4/c1-6-8-9-28(7-2)12-17-20(22(24,25)26)27-21-29(17)13-18(23)30(21)19-15(4)10-14(3)11-16(19)5/h10-11,13H,6-9,12H2,1-5H3. The van der Waals surface area contributed by atoms with Crippen molar-refractivity contribution < 1.29 is 13.2 Å². The zero-order chi connectivity index (χ0) is 22.2. The van der Waals surface area contributed by atoms with E-state index in [4.69, 9.17) is 11.6 Å². The molecule has 0 N–H and O–H groups in total. The average molecular weight is 441 g/mol. The molecule has 2 heterocycles. The van der Waals surface area contributed by atoms with Crippen LogP contribution in [-0.2, 0) is 12.7 Å². The van der Waals surface area contributed by atoms with Gasteiger partial charge in [0.05, 0.1) is 11.4 Å². The molecule has 30 heavy (non-hydrogen) atoms. The van der Waals surface area contributed by atoms with Crippen LogP contribution in [0.1, 0.15) is 54.8 Å². The Morgan fingerprint density at radius 1 is 1.10 bits per heavy atom. The van der Waals surface area contributed by atoms with Crippen LogP contribution in [-0.4, -0.2) is 31.9 Å². The Balaban J connectivity index is 2.22. The Hall–Kier alpha value is -1.99. The van der Waals surface area contributed by atoms with E-state index in [1.807, 2.05) is 44.7 Å². The fraction of sp³-hybridized carbons (Fsp3) is 0.500. The van der Waals surface area contributed by atoms with Gasteiger partial charge in [-0.1, -0.05) is 49.6 Å². The highest BCUT2D eigenvalue weighted by molar-refractivity contribution is 6.30. The molecule has 8 heteroatoms. The minimum atomic E-state index is -4.54. The summed E-state index contributed by atoms with van der Waals surface area (Å²) in [5.41, 5.74) is 3.00. The summed E-state index contributed by atoms with van der Waals surface area (Å²) in [7, 11) is 0. The number of aryl methyl sites for hydroxylation is 3. The normalized spacial score (nSPS) is 12.5. The first-order valence-electron chi connectivity index (χ1n) is 10.2. The number of rotatable bonds is 7. The van der Waals surface area contributed by atoms with Crippen LogP contribution in [0.2, 0.25) is 5.15 Å². The van der Waals surface area contributed by atoms with Gasteiger partial charge in [-0.2, -0.15) is 13.2 Å². The molecule has 0 aliphatic heterocycles. The van der Waals surface area contributed by atoms with E-state index in [2.05, 4.69) is 11.9 Å². The van der Waals surface area contributed by atoms with Crippen molar-refractivity contribution in [3.05, 3.63) is 51.6 Å². The summed E-state index contributed by atoms with van der Waals surface area (Å²) in [6.45, 7) is 11.4. The number of imidazole rings is 2. The number of hydrogen-bond acceptors (Lipinski definition) is 2. The molecule has 0 spiro atoms. The largest absolute Gasteiger partial charge is 0.435 e. The van der Waals surface area contributed by atoms with Gasteiger partial charge in [0.2, 0.25) is 5.78 Å². The van der Waals surface area contributed by atoms with E-state index in [9.17, 15) is 13.2 Å². The van der Waals surface area contributed by atoms with Crippen molar-refractivity contribution in [3.8, 4) is 5.69 Å². The van der Waals surface area contributed by atoms with E-state index in [1.165, 1.54) is 4.40 Å². The maximum atomic E-state index is 13.9. The predicted molar refractivity (Wildman–Crippen MR) is 115 cm³/mol. The molecule has 0 amide bonds. The van der Waals surface area contributed by atoms with Crippen LogP contribution in [0.3, 0.4) is 0 Å². The second kappa shape index (κ2) is 8.63. The summed E-state index contributed by atoms with van der Waals surface area (Å²) in [5.74, 6) is 0.184. The first kappa shape index (κ1) is 22.7. The van der Waals surface area contributed by atoms with E-state index < -0.39 is 11.9 Å². The second-order valence-corrected chi connectivity index (χ2v) is 8.22. The fourth-order valence-electron chi connectivity index (χ4n) is 4.06. The third-order valence-corrected chi connectivity index (χ3v) is 5.68. The van der Waals surface area contributed by atoms with Gasteiger partial charge in [0.25, 0.3) is 0 Å². The number of aromatic nitrogens is 3. The van der Waals surface area contributed by atoms with Gasteiger partial charge in [-0.15, -0.1) is 0 Å². The van der Waals surface area contributed by atoms with Crippen LogP contribution >= 0.6 is 11.6 Å². The Kier molecular flexibility index (Phi) is 6.53. The van der Waals surface area contributed by atoms with Gasteiger partial charge in [0, 0.05) is 12.7 Å². The van der Waals surface area contributed by atoms with Crippen molar-refractivity contribution in [1.82, 2.24) is 18.9 Å². The smallest absolute Gasteiger partial charge is 0.298 e. The summed E-state index contributed by atoms with van der Waals surface area (Å²) in [6, 6.07) is 3.99. The third kappa shape index (κ3) is 4.23. The lowest BCUT2D eigenvalue weighted by Crippen LogP contribution is -2.26. The molecule has 1 aromatic carbocycles. The van der Waals surface area contributed by atoms with Gasteiger partial charge >= 0.3 is 6.18 Å². The number of unbranched alkanes of at least 4 members (excludes halogenated alkanes) is 1. The minimum absolute atomic E-state index is 0.124. The number of halogens is 4. The summed E-state index contributed by atoms with van der Waals surface area (Å²) in [4.78, 5) is 6.05. The lowest BCUT2D eigenvalue weighted by molar-refractivity contribution is -0.141. The van der Waals surface area contributed by atoms with Crippen LogP contribution < -0.4 is 0 Å². The number of fused-ring (bicyclic) bond motifs is 1. The molecule has 3 rings (SSSR count). The van der Waals surface area contributed by atoms with Gasteiger partial charge in [0.15, 0.2) is 5.69 Å². The van der Waals surface area contributed by atoms with Crippen molar-refractivity contribution in [3.63, 3.8) is 0 Å². The molecule has 164 valence electrons. The van der Waals surface area contributed by atoms with Gasteiger partial charge in [0.1, 0.15) is 5.15 Å². The number of benzene rings is 1. The van der Waals surface area contributed by atoms with Crippen LogP contribution in [0.4, 0.5) is 13.2 Å². The lowest BCUT2D eigenvalue weighted by atomic mass is 10.1. The Bertz CT molecular complexity index is 1030. The van der Waals surface area contributed by atoms with E-state index >= 15 is 0 Å². The molecule has 0 saturated heterocycles. The monoisotopic (exact) mass is 440 g/mol. The van der Waals surface area contributed by atoms with E-state index in [0.717, 1.165) is 41.8 Å². The second-order valence-electron chi connectivity index (χ2n) is 7.83. The number of alkyl halides is 3. The SMILES string of the molecule is CCCCN(CC)Cc1c(C(F)(F)F)nc2n(-c3c(C)cc(C)cc3C)c(Cl)cn12. The maximum Gasteiger partial charge on any atom is 0.435 e. The van der Waals surface area contributed by atoms with E-state index in [0.29, 0.717) is 11.7 Å². The third-order valence-electron chi connectivity index (χ3n) is 5.42. The molecule has 0 bridgehead atoms. The Morgan fingerprint density at radius 3 is 2.27 bits per heavy atom. The molecule has 0 aliphatic carbocycles. The van der Waals surface area contributed by atoms with Gasteiger partial charge in [-0.3, -0.25) is 13.9 Å².